The van der Waals surface area contributed by atoms with Crippen LogP contribution in [0.5, 0.6) is 5.75 Å². The molecule has 0 heterocycles. The van der Waals surface area contributed by atoms with Gasteiger partial charge in [-0.05, 0) is 30.7 Å². The van der Waals surface area contributed by atoms with Gasteiger partial charge < -0.3 is 20.3 Å². The Labute approximate surface area is 171 Å². The van der Waals surface area contributed by atoms with Crippen molar-refractivity contribution in [3.63, 3.8) is 0 Å². The quantitative estimate of drug-likeness (QED) is 0.547. The smallest absolute Gasteiger partial charge is 0.226 e. The Hall–Kier alpha value is -2.73. The molecule has 0 saturated carbocycles. The normalized spacial score (nSPS) is 11.1. The van der Waals surface area contributed by atoms with E-state index >= 15 is 0 Å². The number of hydrogen-bond donors (Lipinski definition) is 2. The maximum absolute atomic E-state index is 12.2. The van der Waals surface area contributed by atoms with Crippen LogP contribution in [0, 0.1) is 6.92 Å². The van der Waals surface area contributed by atoms with Crippen LogP contribution in [-0.4, -0.2) is 44.5 Å². The number of aliphatic imine (C=N–C) groups is 1. The van der Waals surface area contributed by atoms with E-state index in [2.05, 4.69) is 15.6 Å². The van der Waals surface area contributed by atoms with Crippen LogP contribution in [0.25, 0.3) is 0 Å². The highest BCUT2D eigenvalue weighted by Crippen LogP contribution is 2.22. The van der Waals surface area contributed by atoms with Crippen molar-refractivity contribution in [3.05, 3.63) is 58.6 Å². The summed E-state index contributed by atoms with van der Waals surface area (Å²) in [5.41, 5.74) is 2.73. The van der Waals surface area contributed by atoms with E-state index in [0.717, 1.165) is 16.9 Å². The number of rotatable bonds is 7. The van der Waals surface area contributed by atoms with Crippen molar-refractivity contribution in [2.75, 3.05) is 33.1 Å². The molecule has 0 radical (unpaired) electrons. The van der Waals surface area contributed by atoms with Crippen LogP contribution in [0.2, 0.25) is 5.02 Å². The van der Waals surface area contributed by atoms with Crippen LogP contribution >= 0.6 is 11.6 Å². The molecule has 0 unspecified atom stereocenters. The summed E-state index contributed by atoms with van der Waals surface area (Å²) in [5, 5.41) is 6.58. The van der Waals surface area contributed by atoms with Crippen LogP contribution in [0.3, 0.4) is 0 Å². The Bertz CT molecular complexity index is 839. The third kappa shape index (κ3) is 6.16. The van der Waals surface area contributed by atoms with Crippen LogP contribution in [0.1, 0.15) is 17.5 Å². The monoisotopic (exact) mass is 402 g/mol. The number of methoxy groups -OCH3 is 1. The third-order valence-corrected chi connectivity index (χ3v) is 4.52. The Morgan fingerprint density at radius 3 is 2.68 bits per heavy atom. The van der Waals surface area contributed by atoms with E-state index in [1.54, 1.807) is 14.2 Å². The molecule has 7 heteroatoms. The molecule has 150 valence electrons. The van der Waals surface area contributed by atoms with Gasteiger partial charge in [0, 0.05) is 39.2 Å². The van der Waals surface area contributed by atoms with Gasteiger partial charge in [-0.1, -0.05) is 35.9 Å². The molecule has 0 aliphatic heterocycles. The molecule has 2 aromatic rings. The van der Waals surface area contributed by atoms with Crippen molar-refractivity contribution in [1.82, 2.24) is 10.2 Å². The van der Waals surface area contributed by atoms with Gasteiger partial charge in [0.2, 0.25) is 5.91 Å². The largest absolute Gasteiger partial charge is 0.496 e. The number of para-hydroxylation sites is 1. The summed E-state index contributed by atoms with van der Waals surface area (Å²) in [5.74, 6) is 1.42. The summed E-state index contributed by atoms with van der Waals surface area (Å²) < 4.78 is 5.40. The van der Waals surface area contributed by atoms with Gasteiger partial charge in [0.25, 0.3) is 0 Å². The maximum Gasteiger partial charge on any atom is 0.226 e. The van der Waals surface area contributed by atoms with Gasteiger partial charge in [0.1, 0.15) is 5.75 Å². The Kier molecular flexibility index (Phi) is 8.14. The van der Waals surface area contributed by atoms with Crippen LogP contribution < -0.4 is 15.4 Å². The summed E-state index contributed by atoms with van der Waals surface area (Å²) in [4.78, 5) is 18.4. The van der Waals surface area contributed by atoms with Gasteiger partial charge in [0.05, 0.1) is 17.8 Å². The summed E-state index contributed by atoms with van der Waals surface area (Å²) in [7, 11) is 5.31. The SMILES string of the molecule is CN=C(NCCC(=O)Nc1ccc(C)cc1Cl)N(C)Cc1ccccc1OC. The van der Waals surface area contributed by atoms with E-state index in [-0.39, 0.29) is 5.91 Å². The number of amides is 1. The molecule has 0 aliphatic carbocycles. The number of nitrogens with one attached hydrogen (secondary N) is 2. The highest BCUT2D eigenvalue weighted by atomic mass is 35.5. The molecule has 2 rings (SSSR count). The minimum Gasteiger partial charge on any atom is -0.496 e. The molecule has 6 nitrogen and oxygen atoms in total. The molecule has 0 aromatic heterocycles. The van der Waals surface area contributed by atoms with E-state index in [4.69, 9.17) is 16.3 Å². The summed E-state index contributed by atoms with van der Waals surface area (Å²) in [6, 6.07) is 13.4. The van der Waals surface area contributed by atoms with Gasteiger partial charge in [-0.2, -0.15) is 0 Å². The Morgan fingerprint density at radius 1 is 1.25 bits per heavy atom. The summed E-state index contributed by atoms with van der Waals surface area (Å²) in [6.45, 7) is 3.04. The zero-order valence-electron chi connectivity index (χ0n) is 16.8. The fraction of sp³-hybridized carbons (Fsp3) is 0.333. The lowest BCUT2D eigenvalue weighted by Gasteiger charge is -2.23. The molecule has 0 fully saturated rings. The fourth-order valence-corrected chi connectivity index (χ4v) is 3.05. The molecule has 2 N–H and O–H groups in total. The molecule has 0 spiro atoms. The zero-order chi connectivity index (χ0) is 20.5. The number of guanidine groups is 1. The number of carbonyl (C=O) groups excluding carboxylic acids is 1. The second-order valence-corrected chi connectivity index (χ2v) is 6.83. The first-order valence-corrected chi connectivity index (χ1v) is 9.42. The van der Waals surface area contributed by atoms with E-state index in [9.17, 15) is 4.79 Å². The summed E-state index contributed by atoms with van der Waals surface area (Å²) in [6.07, 6.45) is 0.297. The van der Waals surface area contributed by atoms with E-state index in [1.807, 2.05) is 61.3 Å². The van der Waals surface area contributed by atoms with Crippen molar-refractivity contribution in [3.8, 4) is 5.75 Å². The lowest BCUT2D eigenvalue weighted by Crippen LogP contribution is -2.39. The van der Waals surface area contributed by atoms with E-state index < -0.39 is 0 Å². The van der Waals surface area contributed by atoms with Gasteiger partial charge >= 0.3 is 0 Å². The number of carbonyl (C=O) groups is 1. The van der Waals surface area contributed by atoms with Gasteiger partial charge in [-0.25, -0.2) is 0 Å². The minimum atomic E-state index is -0.110. The number of anilines is 1. The first-order chi connectivity index (χ1) is 13.4. The van der Waals surface area contributed by atoms with Crippen molar-refractivity contribution < 1.29 is 9.53 Å². The number of halogens is 1. The standard InChI is InChI=1S/C21H27ClN4O2/c1-15-9-10-18(17(22)13-15)25-20(27)11-12-24-21(23-2)26(3)14-16-7-5-6-8-19(16)28-4/h5-10,13H,11-12,14H2,1-4H3,(H,23,24)(H,25,27). The second-order valence-electron chi connectivity index (χ2n) is 6.42. The number of nitrogens with zero attached hydrogens (tertiary/aromatic N) is 2. The lowest BCUT2D eigenvalue weighted by molar-refractivity contribution is -0.116. The number of aryl methyl sites for hydroxylation is 1. The predicted molar refractivity (Wildman–Crippen MR) is 115 cm³/mol. The number of benzene rings is 2. The van der Waals surface area contributed by atoms with Gasteiger partial charge in [-0.15, -0.1) is 0 Å². The maximum atomic E-state index is 12.2. The molecular formula is C21H27ClN4O2. The average molecular weight is 403 g/mol. The van der Waals surface area contributed by atoms with Gasteiger partial charge in [0.15, 0.2) is 5.96 Å². The number of hydrogen-bond acceptors (Lipinski definition) is 3. The average Bonchev–Trinajstić information content (AvgIpc) is 2.67. The van der Waals surface area contributed by atoms with E-state index in [0.29, 0.717) is 36.2 Å². The highest BCUT2D eigenvalue weighted by molar-refractivity contribution is 6.33. The first kappa shape index (κ1) is 21.6. The molecule has 0 bridgehead atoms. The lowest BCUT2D eigenvalue weighted by atomic mass is 10.2. The van der Waals surface area contributed by atoms with Crippen molar-refractivity contribution >= 4 is 29.2 Å². The molecule has 0 atom stereocenters. The predicted octanol–water partition coefficient (Wildman–Crippen LogP) is 3.69. The van der Waals surface area contributed by atoms with Crippen molar-refractivity contribution in [2.24, 2.45) is 4.99 Å². The molecule has 28 heavy (non-hydrogen) atoms. The fourth-order valence-electron chi connectivity index (χ4n) is 2.77. The third-order valence-electron chi connectivity index (χ3n) is 4.21. The van der Waals surface area contributed by atoms with Gasteiger partial charge in [-0.3, -0.25) is 9.79 Å². The molecule has 1 amide bonds. The molecule has 0 saturated heterocycles. The highest BCUT2D eigenvalue weighted by Gasteiger charge is 2.11. The van der Waals surface area contributed by atoms with E-state index in [1.165, 1.54) is 0 Å². The van der Waals surface area contributed by atoms with Crippen LogP contribution in [-0.2, 0) is 11.3 Å². The topological polar surface area (TPSA) is 66.0 Å². The summed E-state index contributed by atoms with van der Waals surface area (Å²) >= 11 is 6.16. The second kappa shape index (κ2) is 10.6. The Balaban J connectivity index is 1.85. The Morgan fingerprint density at radius 2 is 2.00 bits per heavy atom. The number of ether oxygens (including phenoxy) is 1. The molecule has 0 aliphatic rings. The minimum absolute atomic E-state index is 0.110. The molecular weight excluding hydrogens is 376 g/mol. The van der Waals surface area contributed by atoms with Crippen LogP contribution in [0.15, 0.2) is 47.5 Å². The molecule has 2 aromatic carbocycles. The first-order valence-electron chi connectivity index (χ1n) is 9.04. The van der Waals surface area contributed by atoms with Crippen molar-refractivity contribution in [1.29, 1.82) is 0 Å². The van der Waals surface area contributed by atoms with Crippen LogP contribution in [0.4, 0.5) is 5.69 Å². The zero-order valence-corrected chi connectivity index (χ0v) is 17.5. The van der Waals surface area contributed by atoms with Crippen molar-refractivity contribution in [2.45, 2.75) is 19.9 Å².